The molecular formula is C7H13NO4S. The van der Waals surface area contributed by atoms with E-state index >= 15 is 0 Å². The fraction of sp³-hybridized carbons (Fsp3) is 0.714. The van der Waals surface area contributed by atoms with Crippen LogP contribution in [0.5, 0.6) is 0 Å². The fourth-order valence-electron chi connectivity index (χ4n) is 0.590. The first-order valence-electron chi connectivity index (χ1n) is 3.75. The number of hydrogen-bond donors (Lipinski definition) is 1. The van der Waals surface area contributed by atoms with Gasteiger partial charge in [-0.1, -0.05) is 0 Å². The highest BCUT2D eigenvalue weighted by atomic mass is 32.2. The average Bonchev–Trinajstić information content (AvgIpc) is 1.95. The van der Waals surface area contributed by atoms with Crippen molar-refractivity contribution in [2.75, 3.05) is 18.6 Å². The molecule has 6 heteroatoms. The van der Waals surface area contributed by atoms with Crippen molar-refractivity contribution in [3.63, 3.8) is 0 Å². The SMILES string of the molecule is CC(=O)CNC(=O)CCS(C)(=O)=O. The summed E-state index contributed by atoms with van der Waals surface area (Å²) in [4.78, 5) is 21.3. The van der Waals surface area contributed by atoms with Crippen LogP contribution in [0.15, 0.2) is 0 Å². The van der Waals surface area contributed by atoms with Crippen molar-refractivity contribution >= 4 is 21.5 Å². The molecule has 0 saturated heterocycles. The Morgan fingerprint density at radius 3 is 2.23 bits per heavy atom. The van der Waals surface area contributed by atoms with Crippen molar-refractivity contribution in [1.29, 1.82) is 0 Å². The lowest BCUT2D eigenvalue weighted by Gasteiger charge is -2.01. The lowest BCUT2D eigenvalue weighted by atomic mass is 10.4. The van der Waals surface area contributed by atoms with Crippen LogP contribution in [0, 0.1) is 0 Å². The van der Waals surface area contributed by atoms with Gasteiger partial charge in [0.05, 0.1) is 12.3 Å². The van der Waals surface area contributed by atoms with E-state index in [-0.39, 0.29) is 24.5 Å². The maximum absolute atomic E-state index is 10.9. The number of hydrogen-bond acceptors (Lipinski definition) is 4. The van der Waals surface area contributed by atoms with Crippen molar-refractivity contribution < 1.29 is 18.0 Å². The molecule has 5 nitrogen and oxygen atoms in total. The number of nitrogens with one attached hydrogen (secondary N) is 1. The highest BCUT2D eigenvalue weighted by Crippen LogP contribution is 1.88. The van der Waals surface area contributed by atoms with E-state index in [1.807, 2.05) is 0 Å². The van der Waals surface area contributed by atoms with E-state index in [4.69, 9.17) is 0 Å². The zero-order chi connectivity index (χ0) is 10.5. The van der Waals surface area contributed by atoms with Gasteiger partial charge in [-0.3, -0.25) is 9.59 Å². The van der Waals surface area contributed by atoms with Crippen LogP contribution in [0.1, 0.15) is 13.3 Å². The van der Waals surface area contributed by atoms with Gasteiger partial charge in [0.1, 0.15) is 15.6 Å². The number of sulfone groups is 1. The molecule has 0 aromatic heterocycles. The first kappa shape index (κ1) is 12.1. The van der Waals surface area contributed by atoms with Crippen LogP contribution in [-0.2, 0) is 19.4 Å². The number of ketones is 1. The molecule has 76 valence electrons. The van der Waals surface area contributed by atoms with Crippen molar-refractivity contribution in [1.82, 2.24) is 5.32 Å². The molecule has 0 radical (unpaired) electrons. The zero-order valence-electron chi connectivity index (χ0n) is 7.66. The predicted octanol–water partition coefficient (Wildman–Crippen LogP) is -0.874. The summed E-state index contributed by atoms with van der Waals surface area (Å²) >= 11 is 0. The van der Waals surface area contributed by atoms with Crippen molar-refractivity contribution in [3.05, 3.63) is 0 Å². The topological polar surface area (TPSA) is 80.3 Å². The molecule has 0 unspecified atom stereocenters. The van der Waals surface area contributed by atoms with Crippen molar-refractivity contribution in [3.8, 4) is 0 Å². The van der Waals surface area contributed by atoms with Gasteiger partial charge in [-0.2, -0.15) is 0 Å². The Labute approximate surface area is 77.4 Å². The van der Waals surface area contributed by atoms with E-state index in [1.54, 1.807) is 0 Å². The van der Waals surface area contributed by atoms with E-state index < -0.39 is 15.7 Å². The molecule has 0 rings (SSSR count). The highest BCUT2D eigenvalue weighted by Gasteiger charge is 2.07. The molecule has 0 spiro atoms. The molecule has 0 atom stereocenters. The molecule has 13 heavy (non-hydrogen) atoms. The standard InChI is InChI=1S/C7H13NO4S/c1-6(9)5-8-7(10)3-4-13(2,11)12/h3-5H2,1-2H3,(H,8,10). The Morgan fingerprint density at radius 2 is 1.85 bits per heavy atom. The smallest absolute Gasteiger partial charge is 0.221 e. The van der Waals surface area contributed by atoms with E-state index in [1.165, 1.54) is 6.92 Å². The summed E-state index contributed by atoms with van der Waals surface area (Å²) < 4.78 is 21.3. The van der Waals surface area contributed by atoms with E-state index in [9.17, 15) is 18.0 Å². The van der Waals surface area contributed by atoms with Gasteiger partial charge in [-0.05, 0) is 6.92 Å². The fourth-order valence-corrected chi connectivity index (χ4v) is 1.15. The van der Waals surface area contributed by atoms with Crippen LogP contribution in [0.4, 0.5) is 0 Å². The van der Waals surface area contributed by atoms with Crippen molar-refractivity contribution in [2.45, 2.75) is 13.3 Å². The van der Waals surface area contributed by atoms with Crippen LogP contribution >= 0.6 is 0 Å². The molecule has 0 bridgehead atoms. The number of Topliss-reactive ketones (excluding diaryl/α,β-unsaturated/α-hetero) is 1. The summed E-state index contributed by atoms with van der Waals surface area (Å²) in [5.74, 6) is -0.759. The van der Waals surface area contributed by atoms with E-state index in [2.05, 4.69) is 5.32 Å². The Morgan fingerprint density at radius 1 is 1.31 bits per heavy atom. The normalized spacial score (nSPS) is 10.9. The van der Waals surface area contributed by atoms with Crippen molar-refractivity contribution in [2.24, 2.45) is 0 Å². The molecule has 0 saturated carbocycles. The quantitative estimate of drug-likeness (QED) is 0.635. The third-order valence-corrected chi connectivity index (χ3v) is 2.18. The maximum atomic E-state index is 10.9. The largest absolute Gasteiger partial charge is 0.349 e. The number of rotatable bonds is 5. The van der Waals surface area contributed by atoms with Crippen LogP contribution in [0.2, 0.25) is 0 Å². The molecule has 1 N–H and O–H groups in total. The second-order valence-corrected chi connectivity index (χ2v) is 5.12. The predicted molar refractivity (Wildman–Crippen MR) is 48.0 cm³/mol. The molecule has 0 aliphatic rings. The Balaban J connectivity index is 3.71. The van der Waals surface area contributed by atoms with Gasteiger partial charge >= 0.3 is 0 Å². The summed E-state index contributed by atoms with van der Waals surface area (Å²) in [7, 11) is -3.10. The molecule has 0 aromatic rings. The van der Waals surface area contributed by atoms with Gasteiger partial charge in [0.25, 0.3) is 0 Å². The van der Waals surface area contributed by atoms with Crippen LogP contribution in [-0.4, -0.2) is 38.7 Å². The molecule has 0 aromatic carbocycles. The number of amides is 1. The van der Waals surface area contributed by atoms with Gasteiger partial charge < -0.3 is 5.32 Å². The van der Waals surface area contributed by atoms with Gasteiger partial charge in [0.2, 0.25) is 5.91 Å². The second-order valence-electron chi connectivity index (χ2n) is 2.86. The second kappa shape index (κ2) is 4.96. The highest BCUT2D eigenvalue weighted by molar-refractivity contribution is 7.90. The summed E-state index contributed by atoms with van der Waals surface area (Å²) in [6.07, 6.45) is 0.970. The minimum Gasteiger partial charge on any atom is -0.349 e. The summed E-state index contributed by atoms with van der Waals surface area (Å²) in [6.45, 7) is 1.30. The third kappa shape index (κ3) is 9.00. The average molecular weight is 207 g/mol. The lowest BCUT2D eigenvalue weighted by Crippen LogP contribution is -2.29. The minimum absolute atomic E-state index is 0.0391. The molecule has 0 aliphatic carbocycles. The third-order valence-electron chi connectivity index (χ3n) is 1.23. The van der Waals surface area contributed by atoms with Gasteiger partial charge in [-0.25, -0.2) is 8.42 Å². The lowest BCUT2D eigenvalue weighted by molar-refractivity contribution is -0.124. The Bertz CT molecular complexity index is 294. The Hall–Kier alpha value is -0.910. The maximum Gasteiger partial charge on any atom is 0.221 e. The van der Waals surface area contributed by atoms with E-state index in [0.29, 0.717) is 0 Å². The Kier molecular flexibility index (Phi) is 4.61. The zero-order valence-corrected chi connectivity index (χ0v) is 8.48. The number of carbonyl (C=O) groups excluding carboxylic acids is 2. The first-order valence-corrected chi connectivity index (χ1v) is 5.81. The van der Waals surface area contributed by atoms with E-state index in [0.717, 1.165) is 6.26 Å². The summed E-state index contributed by atoms with van der Waals surface area (Å²) in [6, 6.07) is 0. The minimum atomic E-state index is -3.10. The van der Waals surface area contributed by atoms with Gasteiger partial charge in [0, 0.05) is 12.7 Å². The molecule has 1 amide bonds. The van der Waals surface area contributed by atoms with Crippen LogP contribution < -0.4 is 5.32 Å². The summed E-state index contributed by atoms with van der Waals surface area (Å²) in [5.41, 5.74) is 0. The summed E-state index contributed by atoms with van der Waals surface area (Å²) in [5, 5.41) is 2.30. The molecule has 0 heterocycles. The van der Waals surface area contributed by atoms with Crippen LogP contribution in [0.25, 0.3) is 0 Å². The van der Waals surface area contributed by atoms with Gasteiger partial charge in [-0.15, -0.1) is 0 Å². The van der Waals surface area contributed by atoms with Crippen LogP contribution in [0.3, 0.4) is 0 Å². The molecular weight excluding hydrogens is 194 g/mol. The molecule has 0 fully saturated rings. The monoisotopic (exact) mass is 207 g/mol. The number of carbonyl (C=O) groups is 2. The first-order chi connectivity index (χ1) is 5.81. The van der Waals surface area contributed by atoms with Gasteiger partial charge in [0.15, 0.2) is 0 Å². The molecule has 0 aliphatic heterocycles.